The average Bonchev–Trinajstić information content (AvgIpc) is 3.75. The van der Waals surface area contributed by atoms with Crippen LogP contribution in [0.1, 0.15) is 85.7 Å². The number of aliphatic hydroxyl groups is 1. The molecule has 342 valence electrons. The number of amides is 5. The number of anilines is 1. The number of carbonyl (C=O) groups is 5. The van der Waals surface area contributed by atoms with Crippen molar-refractivity contribution in [3.63, 3.8) is 0 Å². The van der Waals surface area contributed by atoms with Gasteiger partial charge in [-0.2, -0.15) is 0 Å². The Labute approximate surface area is 371 Å². The second-order valence-corrected chi connectivity index (χ2v) is 17.2. The number of piperidine rings is 1. The lowest BCUT2D eigenvalue weighted by molar-refractivity contribution is -0.136. The van der Waals surface area contributed by atoms with Gasteiger partial charge in [0.2, 0.25) is 29.5 Å². The van der Waals surface area contributed by atoms with Gasteiger partial charge in [-0.25, -0.2) is 4.79 Å². The van der Waals surface area contributed by atoms with E-state index in [2.05, 4.69) is 16.0 Å². The lowest BCUT2D eigenvalue weighted by Gasteiger charge is -2.34. The van der Waals surface area contributed by atoms with E-state index in [0.717, 1.165) is 46.3 Å². The van der Waals surface area contributed by atoms with E-state index in [-0.39, 0.29) is 49.3 Å². The summed E-state index contributed by atoms with van der Waals surface area (Å²) in [6.07, 6.45) is 3.93. The van der Waals surface area contributed by atoms with Gasteiger partial charge in [-0.15, -0.1) is 0 Å². The number of hydrogen-bond acceptors (Lipinski definition) is 11. The SMILES string of the molecule is C[C@@H](OCc1ccc(CCCNC(=O)COCCCc2ccc3c(c2)n(C)c(=O)n3C2CCC(=O)NC2=O)cc1)[C@H](CCC(N)=O)NC(O)[C@@H]1Cc2cccc3c2N1C(=O)[C@@H](N)CC3. The Balaban J connectivity index is 0.802. The van der Waals surface area contributed by atoms with Crippen LogP contribution in [0.4, 0.5) is 5.69 Å². The Morgan fingerprint density at radius 2 is 1.67 bits per heavy atom. The van der Waals surface area contributed by atoms with E-state index < -0.39 is 48.3 Å². The molecule has 0 aliphatic carbocycles. The van der Waals surface area contributed by atoms with E-state index in [1.165, 1.54) is 9.13 Å². The zero-order valence-corrected chi connectivity index (χ0v) is 36.6. The van der Waals surface area contributed by atoms with Gasteiger partial charge in [0.1, 0.15) is 18.9 Å². The zero-order valence-electron chi connectivity index (χ0n) is 36.6. The Bertz CT molecular complexity index is 2410. The summed E-state index contributed by atoms with van der Waals surface area (Å²) in [7, 11) is 1.66. The molecule has 2 unspecified atom stereocenters. The molecule has 3 aliphatic rings. The number of aliphatic hydroxyl groups excluding tert-OH is 1. The van der Waals surface area contributed by atoms with Crippen LogP contribution in [0.3, 0.4) is 0 Å². The maximum atomic E-state index is 13.4. The first-order valence-electron chi connectivity index (χ1n) is 22.3. The highest BCUT2D eigenvalue weighted by Crippen LogP contribution is 2.39. The predicted molar refractivity (Wildman–Crippen MR) is 239 cm³/mol. The van der Waals surface area contributed by atoms with Crippen molar-refractivity contribution in [2.75, 3.05) is 24.7 Å². The van der Waals surface area contributed by atoms with Crippen LogP contribution in [0.15, 0.2) is 65.5 Å². The first kappa shape index (κ1) is 46.3. The van der Waals surface area contributed by atoms with E-state index >= 15 is 0 Å². The first-order valence-corrected chi connectivity index (χ1v) is 22.3. The normalized spacial score (nSPS) is 19.8. The second-order valence-electron chi connectivity index (χ2n) is 17.2. The summed E-state index contributed by atoms with van der Waals surface area (Å²) in [6, 6.07) is 17.3. The van der Waals surface area contributed by atoms with Gasteiger partial charge in [0, 0.05) is 39.1 Å². The van der Waals surface area contributed by atoms with Gasteiger partial charge in [-0.05, 0) is 105 Å². The summed E-state index contributed by atoms with van der Waals surface area (Å²) in [4.78, 5) is 76.4. The first-order chi connectivity index (χ1) is 30.8. The number of nitrogens with two attached hydrogens (primary N) is 2. The Hall–Kier alpha value is -5.72. The predicted octanol–water partition coefficient (Wildman–Crippen LogP) is 1.69. The van der Waals surface area contributed by atoms with Gasteiger partial charge in [0.05, 0.1) is 41.5 Å². The molecular weight excluding hydrogens is 821 g/mol. The fourth-order valence-corrected chi connectivity index (χ4v) is 9.08. The number of hydrogen-bond donors (Lipinski definition) is 6. The average molecular weight is 881 g/mol. The van der Waals surface area contributed by atoms with Crippen LogP contribution in [0, 0.1) is 0 Å². The van der Waals surface area contributed by atoms with Crippen LogP contribution in [0.25, 0.3) is 11.0 Å². The summed E-state index contributed by atoms with van der Waals surface area (Å²) in [5.41, 5.74) is 18.7. The molecule has 17 heteroatoms. The third-order valence-corrected chi connectivity index (χ3v) is 12.7. The standard InChI is InChI=1S/C47H60N8O9/c1-28(35(17-20-40(49)56)51-45(60)39-25-33-9-3-8-32-15-16-34(48)46(61)55(39)43(32)33)64-26-31-12-10-29(11-13-31)6-4-22-50-42(58)27-63-23-5-7-30-14-18-36-38(24-30)53(2)47(62)54(36)37-19-21-41(57)52-44(37)59/h3,8-14,18,24,28,34-35,37,39,45,51,60H,4-7,15-17,19-23,25-27,48H2,1-2H3,(H2,49,56)(H,50,58)(H,52,57,59)/t28-,34+,35+,37?,39+,45?/m1/s1. The maximum absolute atomic E-state index is 13.4. The summed E-state index contributed by atoms with van der Waals surface area (Å²) in [6.45, 7) is 3.03. The lowest BCUT2D eigenvalue weighted by Crippen LogP contribution is -2.58. The van der Waals surface area contributed by atoms with Crippen molar-refractivity contribution >= 4 is 46.3 Å². The highest BCUT2D eigenvalue weighted by Gasteiger charge is 2.43. The number of nitrogens with zero attached hydrogens (tertiary/aromatic N) is 3. The summed E-state index contributed by atoms with van der Waals surface area (Å²) < 4.78 is 14.9. The molecule has 3 aromatic carbocycles. The van der Waals surface area contributed by atoms with E-state index in [9.17, 15) is 33.9 Å². The molecular formula is C47H60N8O9. The van der Waals surface area contributed by atoms with Crippen molar-refractivity contribution in [2.24, 2.45) is 18.5 Å². The molecule has 3 aliphatic heterocycles. The molecule has 17 nitrogen and oxygen atoms in total. The van der Waals surface area contributed by atoms with Gasteiger partial charge < -0.3 is 36.3 Å². The molecule has 4 heterocycles. The van der Waals surface area contributed by atoms with Crippen LogP contribution in [0.2, 0.25) is 0 Å². The van der Waals surface area contributed by atoms with Crippen LogP contribution in [-0.4, -0.2) is 94.0 Å². The second kappa shape index (κ2) is 20.9. The fourth-order valence-electron chi connectivity index (χ4n) is 9.08. The van der Waals surface area contributed by atoms with Gasteiger partial charge in [0.15, 0.2) is 0 Å². The third-order valence-electron chi connectivity index (χ3n) is 12.7. The highest BCUT2D eigenvalue weighted by molar-refractivity contribution is 6.01. The fraction of sp³-hybridized carbons (Fsp3) is 0.489. The number of imide groups is 1. The van der Waals surface area contributed by atoms with Crippen LogP contribution in [0.5, 0.6) is 0 Å². The van der Waals surface area contributed by atoms with Crippen molar-refractivity contribution in [3.8, 4) is 0 Å². The van der Waals surface area contributed by atoms with Gasteiger partial charge >= 0.3 is 5.69 Å². The summed E-state index contributed by atoms with van der Waals surface area (Å²) in [5.74, 6) is -1.65. The number of ether oxygens (including phenoxy) is 2. The van der Waals surface area contributed by atoms with Gasteiger partial charge in [-0.1, -0.05) is 48.5 Å². The Morgan fingerprint density at radius 1 is 0.938 bits per heavy atom. The molecule has 0 radical (unpaired) electrons. The molecule has 8 N–H and O–H groups in total. The molecule has 4 aromatic rings. The van der Waals surface area contributed by atoms with Gasteiger partial charge in [0.25, 0.3) is 0 Å². The van der Waals surface area contributed by atoms with Crippen LogP contribution < -0.4 is 38.0 Å². The van der Waals surface area contributed by atoms with E-state index in [4.69, 9.17) is 20.9 Å². The van der Waals surface area contributed by atoms with Crippen molar-refractivity contribution in [3.05, 3.63) is 99.0 Å². The van der Waals surface area contributed by atoms with Crippen LogP contribution in [-0.2, 0) is 72.8 Å². The monoisotopic (exact) mass is 880 g/mol. The van der Waals surface area contributed by atoms with Crippen molar-refractivity contribution < 1.29 is 38.6 Å². The molecule has 5 amide bonds. The largest absolute Gasteiger partial charge is 0.376 e. The van der Waals surface area contributed by atoms with Crippen molar-refractivity contribution in [1.82, 2.24) is 25.1 Å². The molecule has 7 rings (SSSR count). The summed E-state index contributed by atoms with van der Waals surface area (Å²) >= 11 is 0. The zero-order chi connectivity index (χ0) is 45.5. The summed E-state index contributed by atoms with van der Waals surface area (Å²) in [5, 5.41) is 20.1. The number of primary amides is 1. The number of fused-ring (bicyclic) bond motifs is 1. The minimum Gasteiger partial charge on any atom is -0.376 e. The van der Waals surface area contributed by atoms with E-state index in [1.807, 2.05) is 67.6 Å². The molecule has 1 aromatic heterocycles. The number of imidazole rings is 1. The number of aromatic nitrogens is 2. The minimum absolute atomic E-state index is 0.0458. The molecule has 6 atom stereocenters. The van der Waals surface area contributed by atoms with Gasteiger partial charge in [-0.3, -0.25) is 43.7 Å². The molecule has 1 fully saturated rings. The third kappa shape index (κ3) is 10.8. The smallest absolute Gasteiger partial charge is 0.329 e. The Morgan fingerprint density at radius 3 is 2.44 bits per heavy atom. The lowest BCUT2D eigenvalue weighted by atomic mass is 10.0. The number of nitrogens with one attached hydrogen (secondary N) is 3. The Kier molecular flexibility index (Phi) is 15.1. The topological polar surface area (TPSA) is 242 Å². The van der Waals surface area contributed by atoms with Crippen molar-refractivity contribution in [2.45, 2.75) is 121 Å². The molecule has 64 heavy (non-hydrogen) atoms. The number of carbonyl (C=O) groups excluding carboxylic acids is 5. The maximum Gasteiger partial charge on any atom is 0.329 e. The van der Waals surface area contributed by atoms with E-state index in [1.54, 1.807) is 11.9 Å². The molecule has 0 bridgehead atoms. The number of para-hydroxylation sites is 1. The van der Waals surface area contributed by atoms with E-state index in [0.29, 0.717) is 69.3 Å². The molecule has 1 saturated heterocycles. The van der Waals surface area contributed by atoms with Crippen LogP contribution >= 0.6 is 0 Å². The van der Waals surface area contributed by atoms with Crippen molar-refractivity contribution in [1.29, 1.82) is 0 Å². The number of aryl methyl sites for hydroxylation is 4. The molecule has 0 saturated carbocycles. The minimum atomic E-state index is -1.11. The number of benzene rings is 3. The number of rotatable bonds is 21. The molecule has 0 spiro atoms. The highest BCUT2D eigenvalue weighted by atomic mass is 16.5. The quantitative estimate of drug-likeness (QED) is 0.0400.